The maximum absolute atomic E-state index is 12.4. The van der Waals surface area contributed by atoms with Crippen molar-refractivity contribution in [2.45, 2.75) is 51.0 Å². The van der Waals surface area contributed by atoms with Crippen molar-refractivity contribution in [3.8, 4) is 0 Å². The molecule has 1 unspecified atom stereocenters. The SMILES string of the molecule is O=C(NCCc1ccc(Cl)cc1)C1CCC(C(=O)NCC2CCCO2)CC1. The molecule has 2 N–H and O–H groups in total. The zero-order chi connectivity index (χ0) is 19.1. The second-order valence-corrected chi connectivity index (χ2v) is 8.03. The fourth-order valence-corrected chi connectivity index (χ4v) is 4.03. The van der Waals surface area contributed by atoms with Crippen LogP contribution in [0.4, 0.5) is 0 Å². The van der Waals surface area contributed by atoms with Crippen molar-refractivity contribution in [2.24, 2.45) is 11.8 Å². The van der Waals surface area contributed by atoms with Gasteiger partial charge >= 0.3 is 0 Å². The van der Waals surface area contributed by atoms with Crippen LogP contribution in [0.15, 0.2) is 24.3 Å². The topological polar surface area (TPSA) is 67.4 Å². The van der Waals surface area contributed by atoms with Crippen molar-refractivity contribution >= 4 is 23.4 Å². The van der Waals surface area contributed by atoms with Crippen molar-refractivity contribution in [3.05, 3.63) is 34.9 Å². The van der Waals surface area contributed by atoms with Crippen molar-refractivity contribution in [2.75, 3.05) is 19.7 Å². The van der Waals surface area contributed by atoms with Gasteiger partial charge in [-0.05, 0) is 62.6 Å². The summed E-state index contributed by atoms with van der Waals surface area (Å²) in [7, 11) is 0. The number of carbonyl (C=O) groups is 2. The van der Waals surface area contributed by atoms with Gasteiger partial charge < -0.3 is 15.4 Å². The predicted molar refractivity (Wildman–Crippen MR) is 106 cm³/mol. The smallest absolute Gasteiger partial charge is 0.223 e. The maximum atomic E-state index is 12.4. The number of nitrogens with one attached hydrogen (secondary N) is 2. The van der Waals surface area contributed by atoms with E-state index in [1.165, 1.54) is 0 Å². The summed E-state index contributed by atoms with van der Waals surface area (Å²) >= 11 is 5.88. The van der Waals surface area contributed by atoms with E-state index in [1.807, 2.05) is 24.3 Å². The van der Waals surface area contributed by atoms with Crippen LogP contribution in [0.25, 0.3) is 0 Å². The third-order valence-electron chi connectivity index (χ3n) is 5.62. The molecule has 148 valence electrons. The fourth-order valence-electron chi connectivity index (χ4n) is 3.91. The summed E-state index contributed by atoms with van der Waals surface area (Å²) in [5, 5.41) is 6.78. The van der Waals surface area contributed by atoms with Crippen molar-refractivity contribution in [1.82, 2.24) is 10.6 Å². The van der Waals surface area contributed by atoms with E-state index in [0.717, 1.165) is 62.1 Å². The Morgan fingerprint density at radius 3 is 2.19 bits per heavy atom. The minimum Gasteiger partial charge on any atom is -0.376 e. The minimum absolute atomic E-state index is 0.0254. The monoisotopic (exact) mass is 392 g/mol. The standard InChI is InChI=1S/C21H29ClN2O3/c22-18-9-3-15(4-10-18)11-12-23-20(25)16-5-7-17(8-6-16)21(26)24-14-19-2-1-13-27-19/h3-4,9-10,16-17,19H,1-2,5-8,11-14H2,(H,23,25)(H,24,26). The Balaban J connectivity index is 1.32. The molecular weight excluding hydrogens is 364 g/mol. The van der Waals surface area contributed by atoms with Gasteiger partial charge in [0, 0.05) is 36.6 Å². The number of benzene rings is 1. The number of ether oxygens (including phenoxy) is 1. The van der Waals surface area contributed by atoms with Gasteiger partial charge in [-0.15, -0.1) is 0 Å². The van der Waals surface area contributed by atoms with Crippen LogP contribution in [-0.2, 0) is 20.7 Å². The molecule has 1 atom stereocenters. The molecular formula is C21H29ClN2O3. The first-order valence-corrected chi connectivity index (χ1v) is 10.4. The van der Waals surface area contributed by atoms with Gasteiger partial charge in [-0.1, -0.05) is 23.7 Å². The van der Waals surface area contributed by atoms with Gasteiger partial charge in [-0.25, -0.2) is 0 Å². The van der Waals surface area contributed by atoms with E-state index in [1.54, 1.807) is 0 Å². The molecule has 2 fully saturated rings. The minimum atomic E-state index is 0.0254. The summed E-state index contributed by atoms with van der Waals surface area (Å²) in [4.78, 5) is 24.7. The maximum Gasteiger partial charge on any atom is 0.223 e. The molecule has 27 heavy (non-hydrogen) atoms. The third kappa shape index (κ3) is 6.22. The highest BCUT2D eigenvalue weighted by atomic mass is 35.5. The lowest BCUT2D eigenvalue weighted by Gasteiger charge is -2.27. The second kappa shape index (κ2) is 10.1. The molecule has 0 bridgehead atoms. The van der Waals surface area contributed by atoms with Gasteiger partial charge in [0.15, 0.2) is 0 Å². The molecule has 5 nitrogen and oxygen atoms in total. The molecule has 2 aliphatic rings. The molecule has 0 radical (unpaired) electrons. The first-order chi connectivity index (χ1) is 13.1. The third-order valence-corrected chi connectivity index (χ3v) is 5.87. The molecule has 1 saturated heterocycles. The predicted octanol–water partition coefficient (Wildman–Crippen LogP) is 3.10. The number of halogens is 1. The van der Waals surface area contributed by atoms with Gasteiger partial charge in [0.2, 0.25) is 11.8 Å². The molecule has 1 saturated carbocycles. The Kier molecular flexibility index (Phi) is 7.53. The van der Waals surface area contributed by atoms with Crippen LogP contribution in [0.3, 0.4) is 0 Å². The molecule has 1 heterocycles. The summed E-state index contributed by atoms with van der Waals surface area (Å²) in [6.45, 7) is 2.05. The lowest BCUT2D eigenvalue weighted by Crippen LogP contribution is -2.40. The van der Waals surface area contributed by atoms with Crippen LogP contribution >= 0.6 is 11.6 Å². The number of hydrogen-bond donors (Lipinski definition) is 2. The highest BCUT2D eigenvalue weighted by Gasteiger charge is 2.30. The molecule has 1 aliphatic heterocycles. The molecule has 1 aromatic carbocycles. The van der Waals surface area contributed by atoms with Crippen LogP contribution in [0.5, 0.6) is 0 Å². The lowest BCUT2D eigenvalue weighted by atomic mass is 9.81. The van der Waals surface area contributed by atoms with E-state index in [0.29, 0.717) is 13.1 Å². The molecule has 1 aromatic rings. The highest BCUT2D eigenvalue weighted by Crippen LogP contribution is 2.29. The van der Waals surface area contributed by atoms with E-state index in [2.05, 4.69) is 10.6 Å². The van der Waals surface area contributed by atoms with Crippen LogP contribution < -0.4 is 10.6 Å². The van der Waals surface area contributed by atoms with Crippen molar-refractivity contribution in [1.29, 1.82) is 0 Å². The Labute approximate surface area is 166 Å². The quantitative estimate of drug-likeness (QED) is 0.749. The summed E-state index contributed by atoms with van der Waals surface area (Å²) < 4.78 is 5.54. The normalized spacial score (nSPS) is 25.1. The number of amides is 2. The molecule has 0 spiro atoms. The zero-order valence-electron chi connectivity index (χ0n) is 15.7. The number of hydrogen-bond acceptors (Lipinski definition) is 3. The van der Waals surface area contributed by atoms with E-state index in [9.17, 15) is 9.59 Å². The van der Waals surface area contributed by atoms with Gasteiger partial charge in [0.1, 0.15) is 0 Å². The Morgan fingerprint density at radius 1 is 0.963 bits per heavy atom. The molecule has 2 amide bonds. The Morgan fingerprint density at radius 2 is 1.59 bits per heavy atom. The zero-order valence-corrected chi connectivity index (χ0v) is 16.5. The van der Waals surface area contributed by atoms with Crippen LogP contribution in [-0.4, -0.2) is 37.6 Å². The van der Waals surface area contributed by atoms with Crippen molar-refractivity contribution in [3.63, 3.8) is 0 Å². The molecule has 1 aliphatic carbocycles. The van der Waals surface area contributed by atoms with Crippen LogP contribution in [0, 0.1) is 11.8 Å². The van der Waals surface area contributed by atoms with Crippen LogP contribution in [0.2, 0.25) is 5.02 Å². The van der Waals surface area contributed by atoms with E-state index < -0.39 is 0 Å². The second-order valence-electron chi connectivity index (χ2n) is 7.60. The summed E-state index contributed by atoms with van der Waals surface area (Å²) in [5.74, 6) is 0.288. The lowest BCUT2D eigenvalue weighted by molar-refractivity contribution is -0.130. The average Bonchev–Trinajstić information content (AvgIpc) is 3.21. The molecule has 6 heteroatoms. The van der Waals surface area contributed by atoms with Gasteiger partial charge in [0.05, 0.1) is 6.10 Å². The van der Waals surface area contributed by atoms with Crippen molar-refractivity contribution < 1.29 is 14.3 Å². The number of carbonyl (C=O) groups excluding carboxylic acids is 2. The first-order valence-electron chi connectivity index (χ1n) is 10.0. The summed E-state index contributed by atoms with van der Waals surface area (Å²) in [6.07, 6.45) is 6.22. The average molecular weight is 393 g/mol. The van der Waals surface area contributed by atoms with E-state index in [4.69, 9.17) is 16.3 Å². The van der Waals surface area contributed by atoms with Gasteiger partial charge in [-0.3, -0.25) is 9.59 Å². The Hall–Kier alpha value is -1.59. The van der Waals surface area contributed by atoms with Gasteiger partial charge in [-0.2, -0.15) is 0 Å². The highest BCUT2D eigenvalue weighted by molar-refractivity contribution is 6.30. The summed E-state index contributed by atoms with van der Waals surface area (Å²) in [6, 6.07) is 7.69. The van der Waals surface area contributed by atoms with Gasteiger partial charge in [0.25, 0.3) is 0 Å². The fraction of sp³-hybridized carbons (Fsp3) is 0.619. The summed E-state index contributed by atoms with van der Waals surface area (Å²) in [5.41, 5.74) is 1.16. The molecule has 3 rings (SSSR count). The number of rotatable bonds is 7. The van der Waals surface area contributed by atoms with E-state index >= 15 is 0 Å². The van der Waals surface area contributed by atoms with Crippen LogP contribution in [0.1, 0.15) is 44.1 Å². The first kappa shape index (κ1) is 20.2. The largest absolute Gasteiger partial charge is 0.376 e. The van der Waals surface area contributed by atoms with E-state index in [-0.39, 0.29) is 29.8 Å². The molecule has 0 aromatic heterocycles. The Bertz CT molecular complexity index is 621.